The van der Waals surface area contributed by atoms with E-state index < -0.39 is 12.5 Å². The fourth-order valence-corrected chi connectivity index (χ4v) is 5.70. The van der Waals surface area contributed by atoms with Gasteiger partial charge in [0.25, 0.3) is 0 Å². The molecule has 2 unspecified atom stereocenters. The van der Waals surface area contributed by atoms with Crippen molar-refractivity contribution >= 4 is 44.4 Å². The van der Waals surface area contributed by atoms with Crippen LogP contribution in [0.5, 0.6) is 0 Å². The van der Waals surface area contributed by atoms with Gasteiger partial charge in [-0.3, -0.25) is 4.68 Å². The van der Waals surface area contributed by atoms with Crippen LogP contribution in [-0.4, -0.2) is 64.2 Å². The summed E-state index contributed by atoms with van der Waals surface area (Å²) >= 11 is 7.33. The Labute approximate surface area is 221 Å². The first kappa shape index (κ1) is 24.4. The smallest absolute Gasteiger partial charge is 0.228 e. The number of fused-ring (bicyclic) bond motifs is 1. The summed E-state index contributed by atoms with van der Waals surface area (Å²) in [6.07, 6.45) is 5.95. The molecule has 2 aliphatic rings. The molecular formula is C25H26ClF2N7OS. The van der Waals surface area contributed by atoms with Gasteiger partial charge in [-0.05, 0) is 38.0 Å². The number of ether oxygens (including phenoxy) is 1. The van der Waals surface area contributed by atoms with Crippen LogP contribution in [0.1, 0.15) is 37.5 Å². The standard InChI is InChI=1S/C25H26ClF2N7OS/c1-14-11-34(13-20(36-14)15-10-29-35(12-15)17-4-5-17)24-30-21(18-6-3-16(26)9-19(18)28)22-23(31-24)32-25(37-22)33(2)8-7-27/h3,6,9-10,12,14,17,20H,4-5,7-8,11,13H2,1-2H3. The third kappa shape index (κ3) is 4.87. The molecule has 3 aromatic heterocycles. The van der Waals surface area contributed by atoms with Crippen LogP contribution in [0, 0.1) is 5.82 Å². The Balaban J connectivity index is 1.41. The van der Waals surface area contributed by atoms with Gasteiger partial charge in [0, 0.05) is 42.5 Å². The number of thiazole rings is 1. The fourth-order valence-electron chi connectivity index (χ4n) is 4.55. The molecule has 0 bridgehead atoms. The van der Waals surface area contributed by atoms with Crippen LogP contribution in [0.25, 0.3) is 21.6 Å². The van der Waals surface area contributed by atoms with Gasteiger partial charge >= 0.3 is 0 Å². The number of hydrogen-bond acceptors (Lipinski definition) is 8. The SMILES string of the molecule is CC1CN(c2nc(-c3ccc(Cl)cc3F)c3sc(N(C)CCF)nc3n2)CC(c2cnn(C3CC3)c2)O1. The lowest BCUT2D eigenvalue weighted by Gasteiger charge is -2.36. The van der Waals surface area contributed by atoms with Crippen molar-refractivity contribution < 1.29 is 13.5 Å². The van der Waals surface area contributed by atoms with E-state index in [2.05, 4.69) is 16.3 Å². The molecule has 12 heteroatoms. The number of benzene rings is 1. The largest absolute Gasteiger partial charge is 0.367 e. The molecular weight excluding hydrogens is 520 g/mol. The molecule has 0 radical (unpaired) electrons. The molecule has 1 aliphatic carbocycles. The van der Waals surface area contributed by atoms with E-state index in [1.54, 1.807) is 24.1 Å². The third-order valence-corrected chi connectivity index (χ3v) is 8.02. The zero-order chi connectivity index (χ0) is 25.7. The first-order valence-electron chi connectivity index (χ1n) is 12.2. The topological polar surface area (TPSA) is 72.2 Å². The van der Waals surface area contributed by atoms with Gasteiger partial charge in [-0.1, -0.05) is 22.9 Å². The van der Waals surface area contributed by atoms with Crippen molar-refractivity contribution in [3.63, 3.8) is 0 Å². The van der Waals surface area contributed by atoms with Gasteiger partial charge in [0.05, 0.1) is 30.6 Å². The zero-order valence-electron chi connectivity index (χ0n) is 20.4. The minimum Gasteiger partial charge on any atom is -0.367 e. The molecule has 8 nitrogen and oxygen atoms in total. The minimum absolute atomic E-state index is 0.0836. The maximum atomic E-state index is 15.1. The first-order chi connectivity index (χ1) is 17.9. The number of aromatic nitrogens is 5. The van der Waals surface area contributed by atoms with Crippen molar-refractivity contribution in [3.8, 4) is 11.3 Å². The molecule has 1 aromatic carbocycles. The highest BCUT2D eigenvalue weighted by molar-refractivity contribution is 7.22. The number of halogens is 3. The summed E-state index contributed by atoms with van der Waals surface area (Å²) in [6, 6.07) is 5.01. The van der Waals surface area contributed by atoms with Crippen LogP contribution in [0.2, 0.25) is 5.02 Å². The Kier molecular flexibility index (Phi) is 6.46. The van der Waals surface area contributed by atoms with E-state index in [0.29, 0.717) is 56.8 Å². The molecule has 2 fully saturated rings. The number of hydrogen-bond donors (Lipinski definition) is 0. The van der Waals surface area contributed by atoms with Crippen LogP contribution in [0.4, 0.5) is 19.9 Å². The Morgan fingerprint density at radius 1 is 1.22 bits per heavy atom. The van der Waals surface area contributed by atoms with Gasteiger partial charge in [-0.2, -0.15) is 15.1 Å². The van der Waals surface area contributed by atoms with E-state index in [-0.39, 0.29) is 18.8 Å². The van der Waals surface area contributed by atoms with Crippen LogP contribution >= 0.6 is 22.9 Å². The van der Waals surface area contributed by atoms with Crippen molar-refractivity contribution in [1.82, 2.24) is 24.7 Å². The summed E-state index contributed by atoms with van der Waals surface area (Å²) in [4.78, 5) is 18.0. The van der Waals surface area contributed by atoms with E-state index in [9.17, 15) is 4.39 Å². The zero-order valence-corrected chi connectivity index (χ0v) is 22.0. The molecule has 194 valence electrons. The molecule has 1 saturated carbocycles. The third-order valence-electron chi connectivity index (χ3n) is 6.62. The molecule has 4 aromatic rings. The van der Waals surface area contributed by atoms with Crippen molar-refractivity contribution in [2.45, 2.75) is 38.0 Å². The van der Waals surface area contributed by atoms with Crippen LogP contribution in [0.3, 0.4) is 0 Å². The Bertz CT molecular complexity index is 1440. The van der Waals surface area contributed by atoms with Gasteiger partial charge in [0.15, 0.2) is 10.8 Å². The molecule has 1 aliphatic heterocycles. The van der Waals surface area contributed by atoms with Crippen LogP contribution in [0.15, 0.2) is 30.6 Å². The van der Waals surface area contributed by atoms with Crippen molar-refractivity contribution in [1.29, 1.82) is 0 Å². The Hall–Kier alpha value is -2.89. The number of alkyl halides is 1. The molecule has 4 heterocycles. The lowest BCUT2D eigenvalue weighted by molar-refractivity contribution is -0.0178. The summed E-state index contributed by atoms with van der Waals surface area (Å²) in [5.74, 6) is -0.0391. The average Bonchev–Trinajstić information content (AvgIpc) is 3.43. The minimum atomic E-state index is -0.508. The number of morpholine rings is 1. The lowest BCUT2D eigenvalue weighted by Crippen LogP contribution is -2.43. The molecule has 1 saturated heterocycles. The Morgan fingerprint density at radius 3 is 2.81 bits per heavy atom. The first-order valence-corrected chi connectivity index (χ1v) is 13.4. The predicted molar refractivity (Wildman–Crippen MR) is 141 cm³/mol. The van der Waals surface area contributed by atoms with Crippen molar-refractivity contribution in [2.75, 3.05) is 43.2 Å². The quantitative estimate of drug-likeness (QED) is 0.306. The summed E-state index contributed by atoms with van der Waals surface area (Å²) in [7, 11) is 1.77. The highest BCUT2D eigenvalue weighted by Gasteiger charge is 2.32. The van der Waals surface area contributed by atoms with Gasteiger partial charge in [-0.15, -0.1) is 0 Å². The summed E-state index contributed by atoms with van der Waals surface area (Å²) in [5, 5.41) is 5.41. The van der Waals surface area contributed by atoms with Gasteiger partial charge in [0.2, 0.25) is 5.95 Å². The summed E-state index contributed by atoms with van der Waals surface area (Å²) < 4.78 is 37.0. The van der Waals surface area contributed by atoms with Gasteiger partial charge < -0.3 is 14.5 Å². The second-order valence-corrected chi connectivity index (χ2v) is 11.0. The van der Waals surface area contributed by atoms with E-state index in [0.717, 1.165) is 18.4 Å². The van der Waals surface area contributed by atoms with Gasteiger partial charge in [0.1, 0.15) is 23.3 Å². The lowest BCUT2D eigenvalue weighted by atomic mass is 10.1. The molecule has 0 N–H and O–H groups in total. The molecule has 0 spiro atoms. The highest BCUT2D eigenvalue weighted by Crippen LogP contribution is 2.39. The normalized spacial score (nSPS) is 20.1. The summed E-state index contributed by atoms with van der Waals surface area (Å²) in [5.41, 5.74) is 2.20. The molecule has 6 rings (SSSR count). The average molecular weight is 546 g/mol. The predicted octanol–water partition coefficient (Wildman–Crippen LogP) is 5.45. The van der Waals surface area contributed by atoms with Crippen molar-refractivity contribution in [2.24, 2.45) is 0 Å². The number of nitrogens with zero attached hydrogens (tertiary/aromatic N) is 7. The second kappa shape index (κ2) is 9.77. The van der Waals surface area contributed by atoms with E-state index in [1.807, 2.05) is 22.7 Å². The van der Waals surface area contributed by atoms with E-state index >= 15 is 4.39 Å². The monoisotopic (exact) mass is 545 g/mol. The Morgan fingerprint density at radius 2 is 2.05 bits per heavy atom. The maximum Gasteiger partial charge on any atom is 0.228 e. The van der Waals surface area contributed by atoms with E-state index in [4.69, 9.17) is 26.3 Å². The van der Waals surface area contributed by atoms with Crippen LogP contribution in [-0.2, 0) is 4.74 Å². The molecule has 37 heavy (non-hydrogen) atoms. The van der Waals surface area contributed by atoms with Crippen molar-refractivity contribution in [3.05, 3.63) is 47.0 Å². The van der Waals surface area contributed by atoms with E-state index in [1.165, 1.54) is 17.4 Å². The molecule has 2 atom stereocenters. The van der Waals surface area contributed by atoms with Crippen LogP contribution < -0.4 is 9.80 Å². The highest BCUT2D eigenvalue weighted by atomic mass is 35.5. The second-order valence-electron chi connectivity index (χ2n) is 9.58. The number of rotatable bonds is 7. The van der Waals surface area contributed by atoms with Gasteiger partial charge in [-0.25, -0.2) is 13.8 Å². The summed E-state index contributed by atoms with van der Waals surface area (Å²) in [6.45, 7) is 2.79. The maximum absolute atomic E-state index is 15.1. The number of anilines is 2. The molecule has 0 amide bonds. The fraction of sp³-hybridized carbons (Fsp3) is 0.440.